The summed E-state index contributed by atoms with van der Waals surface area (Å²) in [5.74, 6) is -0.940. The van der Waals surface area contributed by atoms with Gasteiger partial charge in [-0.1, -0.05) is 11.6 Å². The van der Waals surface area contributed by atoms with Crippen LogP contribution in [-0.2, 0) is 10.9 Å². The van der Waals surface area contributed by atoms with Gasteiger partial charge >= 0.3 is 12.2 Å². The maximum absolute atomic E-state index is 16.5. The molecule has 2 aromatic heterocycles. The van der Waals surface area contributed by atoms with Crippen LogP contribution in [-0.4, -0.2) is 71.7 Å². The van der Waals surface area contributed by atoms with Gasteiger partial charge in [0.25, 0.3) is 0 Å². The van der Waals surface area contributed by atoms with Crippen LogP contribution in [0.5, 0.6) is 6.01 Å². The molecule has 0 spiro atoms. The van der Waals surface area contributed by atoms with E-state index in [2.05, 4.69) is 20.3 Å². The molecule has 5 heterocycles. The summed E-state index contributed by atoms with van der Waals surface area (Å²) in [5.41, 5.74) is 2.24. The van der Waals surface area contributed by atoms with Crippen molar-refractivity contribution in [1.82, 2.24) is 20.3 Å². The molecule has 3 aromatic rings. The van der Waals surface area contributed by atoms with Gasteiger partial charge in [-0.3, -0.25) is 0 Å². The molecule has 3 aliphatic heterocycles. The van der Waals surface area contributed by atoms with Gasteiger partial charge in [-0.2, -0.15) is 23.1 Å². The van der Waals surface area contributed by atoms with E-state index >= 15 is 4.39 Å². The van der Waals surface area contributed by atoms with Gasteiger partial charge in [0.15, 0.2) is 5.82 Å². The molecular weight excluding hydrogens is 568 g/mol. The van der Waals surface area contributed by atoms with Crippen molar-refractivity contribution in [3.63, 3.8) is 0 Å². The number of benzene rings is 1. The first-order valence-electron chi connectivity index (χ1n) is 13.3. The van der Waals surface area contributed by atoms with Crippen LogP contribution in [0.15, 0.2) is 12.1 Å². The number of nitrogens with zero attached hydrogens (tertiary/aromatic N) is 4. The third-order valence-corrected chi connectivity index (χ3v) is 8.44. The van der Waals surface area contributed by atoms with Gasteiger partial charge in [-0.15, -0.1) is 0 Å². The number of halogens is 5. The fourth-order valence-electron chi connectivity index (χ4n) is 6.04. The second-order valence-electron chi connectivity index (χ2n) is 11.2. The topological polar surface area (TPSA) is 119 Å². The number of hydrogen-bond acceptors (Lipinski definition) is 9. The highest BCUT2D eigenvalue weighted by Gasteiger charge is 2.40. The molecule has 0 radical (unpaired) electrons. The van der Waals surface area contributed by atoms with Crippen LogP contribution in [0.25, 0.3) is 22.2 Å². The van der Waals surface area contributed by atoms with Crippen molar-refractivity contribution in [3.8, 4) is 17.3 Å². The lowest BCUT2D eigenvalue weighted by Crippen LogP contribution is -2.51. The van der Waals surface area contributed by atoms with E-state index in [-0.39, 0.29) is 65.2 Å². The largest absolute Gasteiger partial charge is 0.463 e. The molecular formula is C27H29ClF4N6O3. The molecule has 3 saturated heterocycles. The van der Waals surface area contributed by atoms with Crippen LogP contribution >= 0.6 is 11.6 Å². The maximum Gasteiger partial charge on any atom is 0.418 e. The van der Waals surface area contributed by atoms with Crippen molar-refractivity contribution in [1.29, 1.82) is 0 Å². The van der Waals surface area contributed by atoms with Gasteiger partial charge in [-0.25, -0.2) is 9.37 Å². The zero-order valence-electron chi connectivity index (χ0n) is 22.2. The molecule has 3 aliphatic rings. The van der Waals surface area contributed by atoms with E-state index in [1.165, 1.54) is 13.0 Å². The predicted octanol–water partition coefficient (Wildman–Crippen LogP) is 4.11. The van der Waals surface area contributed by atoms with E-state index in [4.69, 9.17) is 26.8 Å². The molecule has 3 unspecified atom stereocenters. The minimum Gasteiger partial charge on any atom is -0.463 e. The van der Waals surface area contributed by atoms with E-state index < -0.39 is 34.2 Å². The summed E-state index contributed by atoms with van der Waals surface area (Å²) in [7, 11) is 0. The summed E-state index contributed by atoms with van der Waals surface area (Å²) in [6.07, 6.45) is -2.34. The number of anilines is 2. The standard InChI is InChI=1S/C27H29ClF4N6O3/c1-13-6-18(33)35-23(20(13)27(30,31)32)19-17(28)7-16-22(21(19)29)36-25(41-12-26(10-39)4-5-40-11-26)37-24(16)38-8-14-2-3-15(9-38)34-14/h6-7,14-15,34,39H,2-5,8-12H2,1H3,(H2,33,35). The quantitative estimate of drug-likeness (QED) is 0.361. The number of rotatable bonds is 6. The van der Waals surface area contributed by atoms with Crippen LogP contribution < -0.4 is 20.7 Å². The van der Waals surface area contributed by atoms with E-state index in [1.807, 2.05) is 4.90 Å². The predicted molar refractivity (Wildman–Crippen MR) is 144 cm³/mol. The highest BCUT2D eigenvalue weighted by atomic mass is 35.5. The number of pyridine rings is 1. The first kappa shape index (κ1) is 28.1. The molecule has 0 aliphatic carbocycles. The third-order valence-electron chi connectivity index (χ3n) is 8.14. The molecule has 2 bridgehead atoms. The second kappa shape index (κ2) is 10.4. The second-order valence-corrected chi connectivity index (χ2v) is 11.6. The number of aliphatic hydroxyl groups is 1. The minimum absolute atomic E-state index is 0.0114. The van der Waals surface area contributed by atoms with Gasteiger partial charge < -0.3 is 30.5 Å². The lowest BCUT2D eigenvalue weighted by atomic mass is 9.90. The van der Waals surface area contributed by atoms with Crippen molar-refractivity contribution >= 4 is 34.1 Å². The number of fused-ring (bicyclic) bond motifs is 3. The van der Waals surface area contributed by atoms with E-state index in [9.17, 15) is 18.3 Å². The van der Waals surface area contributed by atoms with Crippen molar-refractivity contribution in [2.75, 3.05) is 50.2 Å². The Hall–Kier alpha value is -3.00. The van der Waals surface area contributed by atoms with Gasteiger partial charge in [0.1, 0.15) is 23.8 Å². The Labute approximate surface area is 238 Å². The Morgan fingerprint density at radius 1 is 1.22 bits per heavy atom. The molecule has 14 heteroatoms. The average Bonchev–Trinajstić information content (AvgIpc) is 3.52. The monoisotopic (exact) mass is 596 g/mol. The molecule has 9 nitrogen and oxygen atoms in total. The van der Waals surface area contributed by atoms with E-state index in [0.717, 1.165) is 18.9 Å². The SMILES string of the molecule is Cc1cc(N)nc(-c2c(Cl)cc3c(N4CC5CCC(C4)N5)nc(OCC4(CO)CCOC4)nc3c2F)c1C(F)(F)F. The zero-order chi connectivity index (χ0) is 29.1. The number of hydrogen-bond donors (Lipinski definition) is 3. The summed E-state index contributed by atoms with van der Waals surface area (Å²) < 4.78 is 70.2. The fourth-order valence-corrected chi connectivity index (χ4v) is 6.32. The van der Waals surface area contributed by atoms with E-state index in [1.54, 1.807) is 0 Å². The van der Waals surface area contributed by atoms with Gasteiger partial charge in [0.2, 0.25) is 0 Å². The molecule has 41 heavy (non-hydrogen) atoms. The fraction of sp³-hybridized carbons (Fsp3) is 0.519. The minimum atomic E-state index is -4.85. The molecule has 0 saturated carbocycles. The Morgan fingerprint density at radius 3 is 2.59 bits per heavy atom. The highest BCUT2D eigenvalue weighted by Crippen LogP contribution is 2.45. The molecule has 220 valence electrons. The molecule has 3 atom stereocenters. The van der Waals surface area contributed by atoms with Gasteiger partial charge in [-0.05, 0) is 43.9 Å². The Kier molecular flexibility index (Phi) is 7.12. The highest BCUT2D eigenvalue weighted by molar-refractivity contribution is 6.34. The number of alkyl halides is 3. The Balaban J connectivity index is 1.53. The molecule has 1 aromatic carbocycles. The van der Waals surface area contributed by atoms with Crippen LogP contribution in [0.1, 0.15) is 30.4 Å². The van der Waals surface area contributed by atoms with Crippen molar-refractivity contribution in [2.45, 2.75) is 44.4 Å². The average molecular weight is 597 g/mol. The van der Waals surface area contributed by atoms with Crippen molar-refractivity contribution < 1.29 is 32.1 Å². The summed E-state index contributed by atoms with van der Waals surface area (Å²) >= 11 is 6.53. The van der Waals surface area contributed by atoms with Crippen LogP contribution in [0.3, 0.4) is 0 Å². The first-order valence-corrected chi connectivity index (χ1v) is 13.7. The Bertz CT molecular complexity index is 1490. The normalized spacial score (nSPS) is 24.4. The van der Waals surface area contributed by atoms with Crippen molar-refractivity contribution in [2.24, 2.45) is 5.41 Å². The third kappa shape index (κ3) is 5.13. The lowest BCUT2D eigenvalue weighted by Gasteiger charge is -2.34. The number of aliphatic hydroxyl groups excluding tert-OH is 1. The van der Waals surface area contributed by atoms with Crippen molar-refractivity contribution in [3.05, 3.63) is 34.1 Å². The van der Waals surface area contributed by atoms with Crippen LogP contribution in [0.2, 0.25) is 5.02 Å². The summed E-state index contributed by atoms with van der Waals surface area (Å²) in [6.45, 7) is 2.96. The summed E-state index contributed by atoms with van der Waals surface area (Å²) in [4.78, 5) is 14.8. The number of nitrogens with two attached hydrogens (primary N) is 1. The number of piperazine rings is 1. The number of ether oxygens (including phenoxy) is 2. The number of nitrogen functional groups attached to an aromatic ring is 1. The first-order chi connectivity index (χ1) is 19.5. The summed E-state index contributed by atoms with van der Waals surface area (Å²) in [6, 6.07) is 2.71. The van der Waals surface area contributed by atoms with Gasteiger partial charge in [0.05, 0.1) is 40.5 Å². The Morgan fingerprint density at radius 2 is 1.95 bits per heavy atom. The smallest absolute Gasteiger partial charge is 0.418 e. The number of aromatic nitrogens is 3. The molecule has 3 fully saturated rings. The number of nitrogens with one attached hydrogen (secondary N) is 1. The van der Waals surface area contributed by atoms with Crippen LogP contribution in [0.4, 0.5) is 29.2 Å². The molecule has 6 rings (SSSR count). The van der Waals surface area contributed by atoms with E-state index in [0.29, 0.717) is 31.9 Å². The van der Waals surface area contributed by atoms with Crippen LogP contribution in [0, 0.1) is 18.2 Å². The maximum atomic E-state index is 16.5. The summed E-state index contributed by atoms with van der Waals surface area (Å²) in [5, 5.41) is 13.4. The number of aryl methyl sites for hydroxylation is 1. The molecule has 4 N–H and O–H groups in total. The lowest BCUT2D eigenvalue weighted by molar-refractivity contribution is -0.137. The van der Waals surface area contributed by atoms with Gasteiger partial charge in [0, 0.05) is 37.2 Å². The zero-order valence-corrected chi connectivity index (χ0v) is 22.9. The molecule has 0 amide bonds.